The highest BCUT2D eigenvalue weighted by atomic mass is 35.5. The first kappa shape index (κ1) is 17.5. The van der Waals surface area contributed by atoms with Crippen LogP contribution in [0.4, 0.5) is 0 Å². The zero-order chi connectivity index (χ0) is 15.5. The maximum absolute atomic E-state index is 12.7. The van der Waals surface area contributed by atoms with E-state index in [-0.39, 0.29) is 6.04 Å². The van der Waals surface area contributed by atoms with Crippen molar-refractivity contribution in [2.24, 2.45) is 5.92 Å². The minimum absolute atomic E-state index is 0.0287. The Labute approximate surface area is 128 Å². The molecule has 0 aliphatic carbocycles. The predicted molar refractivity (Wildman–Crippen MR) is 84.6 cm³/mol. The molecule has 0 bridgehead atoms. The summed E-state index contributed by atoms with van der Waals surface area (Å²) in [6.07, 6.45) is 0.837. The Morgan fingerprint density at radius 1 is 1.25 bits per heavy atom. The first-order chi connectivity index (χ1) is 9.20. The monoisotopic (exact) mass is 317 g/mol. The number of halogens is 1. The number of benzene rings is 1. The molecule has 1 rings (SSSR count). The predicted octanol–water partition coefficient (Wildman–Crippen LogP) is 3.79. The summed E-state index contributed by atoms with van der Waals surface area (Å²) in [5.41, 5.74) is 1.57. The molecule has 0 fully saturated rings. The van der Waals surface area contributed by atoms with Crippen LogP contribution in [0, 0.1) is 12.8 Å². The molecule has 0 radical (unpaired) electrons. The third-order valence-corrected chi connectivity index (χ3v) is 5.92. The molecule has 3 nitrogen and oxygen atoms in total. The van der Waals surface area contributed by atoms with Crippen LogP contribution in [0.2, 0.25) is 0 Å². The highest BCUT2D eigenvalue weighted by molar-refractivity contribution is 7.89. The van der Waals surface area contributed by atoms with Crippen molar-refractivity contribution in [3.8, 4) is 0 Å². The van der Waals surface area contributed by atoms with E-state index in [9.17, 15) is 8.42 Å². The van der Waals surface area contributed by atoms with Gasteiger partial charge >= 0.3 is 0 Å². The van der Waals surface area contributed by atoms with Crippen molar-refractivity contribution in [3.63, 3.8) is 0 Å². The molecular formula is C15H24ClNO2S. The van der Waals surface area contributed by atoms with Gasteiger partial charge in [0.2, 0.25) is 10.0 Å². The lowest BCUT2D eigenvalue weighted by Crippen LogP contribution is -2.36. The van der Waals surface area contributed by atoms with E-state index in [4.69, 9.17) is 11.6 Å². The van der Waals surface area contributed by atoms with Gasteiger partial charge in [0.1, 0.15) is 0 Å². The van der Waals surface area contributed by atoms with Gasteiger partial charge in [0.25, 0.3) is 0 Å². The quantitative estimate of drug-likeness (QED) is 0.749. The molecule has 0 aliphatic heterocycles. The fourth-order valence-corrected chi connectivity index (χ4v) is 4.04. The Balaban J connectivity index is 3.16. The van der Waals surface area contributed by atoms with E-state index in [1.165, 1.54) is 4.31 Å². The van der Waals surface area contributed by atoms with Crippen molar-refractivity contribution in [2.75, 3.05) is 7.05 Å². The van der Waals surface area contributed by atoms with Gasteiger partial charge in [0.15, 0.2) is 0 Å². The lowest BCUT2D eigenvalue weighted by molar-refractivity contribution is 0.337. The normalized spacial score (nSPS) is 14.0. The minimum atomic E-state index is -3.47. The van der Waals surface area contributed by atoms with Gasteiger partial charge in [0, 0.05) is 19.0 Å². The van der Waals surface area contributed by atoms with Crippen LogP contribution in [0.5, 0.6) is 0 Å². The summed E-state index contributed by atoms with van der Waals surface area (Å²) in [5.74, 6) is 0.770. The zero-order valence-corrected chi connectivity index (χ0v) is 14.4. The molecule has 1 atom stereocenters. The van der Waals surface area contributed by atoms with Gasteiger partial charge in [-0.1, -0.05) is 26.0 Å². The molecule has 0 amide bonds. The van der Waals surface area contributed by atoms with E-state index in [2.05, 4.69) is 13.8 Å². The second kappa shape index (κ2) is 6.92. The number of nitrogens with zero attached hydrogens (tertiary/aromatic N) is 1. The summed E-state index contributed by atoms with van der Waals surface area (Å²) in [7, 11) is -1.82. The first-order valence-electron chi connectivity index (χ1n) is 6.83. The summed E-state index contributed by atoms with van der Waals surface area (Å²) in [6.45, 7) is 7.94. The summed E-state index contributed by atoms with van der Waals surface area (Å²) in [5, 5.41) is 0. The summed E-state index contributed by atoms with van der Waals surface area (Å²) < 4.78 is 26.9. The van der Waals surface area contributed by atoms with Crippen LogP contribution in [0.1, 0.15) is 38.3 Å². The van der Waals surface area contributed by atoms with E-state index in [0.29, 0.717) is 16.7 Å². The molecule has 114 valence electrons. The number of hydrogen-bond donors (Lipinski definition) is 0. The molecule has 0 saturated heterocycles. The summed E-state index contributed by atoms with van der Waals surface area (Å²) >= 11 is 5.80. The van der Waals surface area contributed by atoms with Crippen LogP contribution in [0.15, 0.2) is 23.1 Å². The molecule has 1 aromatic carbocycles. The number of rotatable bonds is 6. The molecule has 1 aromatic rings. The lowest BCUT2D eigenvalue weighted by Gasteiger charge is -2.26. The number of alkyl halides is 1. The molecule has 0 aliphatic rings. The third kappa shape index (κ3) is 3.96. The number of hydrogen-bond acceptors (Lipinski definition) is 2. The van der Waals surface area contributed by atoms with E-state index in [1.807, 2.05) is 26.0 Å². The largest absolute Gasteiger partial charge is 0.243 e. The smallest absolute Gasteiger partial charge is 0.207 e. The third-order valence-electron chi connectivity index (χ3n) is 3.50. The number of aryl methyl sites for hydroxylation is 1. The van der Waals surface area contributed by atoms with Gasteiger partial charge in [-0.3, -0.25) is 0 Å². The topological polar surface area (TPSA) is 37.4 Å². The van der Waals surface area contributed by atoms with Crippen molar-refractivity contribution < 1.29 is 8.42 Å². The lowest BCUT2D eigenvalue weighted by atomic mass is 10.1. The summed E-state index contributed by atoms with van der Waals surface area (Å²) in [6, 6.07) is 5.32. The van der Waals surface area contributed by atoms with Gasteiger partial charge < -0.3 is 0 Å². The fourth-order valence-electron chi connectivity index (χ4n) is 2.23. The van der Waals surface area contributed by atoms with Crippen molar-refractivity contribution >= 4 is 21.6 Å². The van der Waals surface area contributed by atoms with Crippen LogP contribution in [-0.2, 0) is 15.9 Å². The highest BCUT2D eigenvalue weighted by Gasteiger charge is 2.27. The number of sulfonamides is 1. The fraction of sp³-hybridized carbons (Fsp3) is 0.600. The van der Waals surface area contributed by atoms with Gasteiger partial charge in [-0.25, -0.2) is 8.42 Å². The summed E-state index contributed by atoms with van der Waals surface area (Å²) in [4.78, 5) is 0.355. The molecule has 0 aromatic heterocycles. The molecule has 0 heterocycles. The molecular weight excluding hydrogens is 294 g/mol. The van der Waals surface area contributed by atoms with Gasteiger partial charge in [-0.2, -0.15) is 4.31 Å². The van der Waals surface area contributed by atoms with Gasteiger partial charge in [0.05, 0.1) is 4.90 Å². The average Bonchev–Trinajstić information content (AvgIpc) is 2.37. The van der Waals surface area contributed by atoms with Crippen LogP contribution in [0.3, 0.4) is 0 Å². The first-order valence-corrected chi connectivity index (χ1v) is 8.81. The van der Waals surface area contributed by atoms with Crippen molar-refractivity contribution in [1.29, 1.82) is 0 Å². The highest BCUT2D eigenvalue weighted by Crippen LogP contribution is 2.24. The Morgan fingerprint density at radius 2 is 1.85 bits per heavy atom. The van der Waals surface area contributed by atoms with E-state index in [0.717, 1.165) is 17.5 Å². The van der Waals surface area contributed by atoms with E-state index in [1.54, 1.807) is 13.1 Å². The molecule has 0 spiro atoms. The minimum Gasteiger partial charge on any atom is -0.207 e. The molecule has 0 N–H and O–H groups in total. The second-order valence-electron chi connectivity index (χ2n) is 5.73. The van der Waals surface area contributed by atoms with Crippen LogP contribution >= 0.6 is 11.6 Å². The average molecular weight is 318 g/mol. The van der Waals surface area contributed by atoms with Gasteiger partial charge in [-0.05, 0) is 43.4 Å². The zero-order valence-electron chi connectivity index (χ0n) is 12.9. The molecule has 20 heavy (non-hydrogen) atoms. The Kier molecular flexibility index (Phi) is 6.05. The van der Waals surface area contributed by atoms with Crippen molar-refractivity contribution in [3.05, 3.63) is 29.3 Å². The van der Waals surface area contributed by atoms with E-state index >= 15 is 0 Å². The van der Waals surface area contributed by atoms with Crippen molar-refractivity contribution in [2.45, 2.75) is 50.9 Å². The van der Waals surface area contributed by atoms with Gasteiger partial charge in [-0.15, -0.1) is 11.6 Å². The maximum Gasteiger partial charge on any atom is 0.243 e. The maximum atomic E-state index is 12.7. The van der Waals surface area contributed by atoms with E-state index < -0.39 is 10.0 Å². The molecule has 1 unspecified atom stereocenters. The van der Waals surface area contributed by atoms with Crippen LogP contribution < -0.4 is 0 Å². The SMILES string of the molecule is Cc1ccc(CCl)cc1S(=O)(=O)N(C)C(C)CC(C)C. The second-order valence-corrected chi connectivity index (χ2v) is 7.97. The van der Waals surface area contributed by atoms with Crippen LogP contribution in [-0.4, -0.2) is 25.8 Å². The van der Waals surface area contributed by atoms with Crippen molar-refractivity contribution in [1.82, 2.24) is 4.31 Å². The Morgan fingerprint density at radius 3 is 2.35 bits per heavy atom. The molecule has 0 saturated carbocycles. The Bertz CT molecular complexity index is 555. The standard InChI is InChI=1S/C15H24ClNO2S/c1-11(2)8-13(4)17(5)20(18,19)15-9-14(10-16)7-6-12(15)3/h6-7,9,11,13H,8,10H2,1-5H3. The molecule has 5 heteroatoms. The Hall–Kier alpha value is -0.580. The van der Waals surface area contributed by atoms with Crippen LogP contribution in [0.25, 0.3) is 0 Å².